The van der Waals surface area contributed by atoms with Crippen molar-refractivity contribution in [3.63, 3.8) is 0 Å². The van der Waals surface area contributed by atoms with Crippen LogP contribution in [0.2, 0.25) is 0 Å². The Morgan fingerprint density at radius 3 is 2.10 bits per heavy atom. The molecule has 1 aromatic rings. The van der Waals surface area contributed by atoms with E-state index in [2.05, 4.69) is 0 Å². The maximum Gasteiger partial charge on any atom is 0.416 e. The lowest BCUT2D eigenvalue weighted by Gasteiger charge is -2.34. The largest absolute Gasteiger partial charge is 0.416 e. The molecule has 29 heavy (non-hydrogen) atoms. The van der Waals surface area contributed by atoms with Crippen molar-refractivity contribution < 1.29 is 26.4 Å². The van der Waals surface area contributed by atoms with E-state index in [1.54, 1.807) is 4.90 Å². The number of nitrogens with zero attached hydrogens (tertiary/aromatic N) is 2. The summed E-state index contributed by atoms with van der Waals surface area (Å²) in [5, 5.41) is 0. The Bertz CT molecular complexity index is 795. The van der Waals surface area contributed by atoms with Crippen LogP contribution in [0.5, 0.6) is 0 Å². The summed E-state index contributed by atoms with van der Waals surface area (Å²) < 4.78 is 64.7. The number of piperazine rings is 1. The summed E-state index contributed by atoms with van der Waals surface area (Å²) in [5.41, 5.74) is -0.884. The summed E-state index contributed by atoms with van der Waals surface area (Å²) in [6.07, 6.45) is 3.00. The summed E-state index contributed by atoms with van der Waals surface area (Å²) in [5.74, 6) is 0.677. The zero-order chi connectivity index (χ0) is 21.1. The van der Waals surface area contributed by atoms with Crippen molar-refractivity contribution in [2.45, 2.75) is 56.0 Å². The van der Waals surface area contributed by atoms with E-state index in [9.17, 15) is 26.4 Å². The van der Waals surface area contributed by atoms with Gasteiger partial charge in [-0.2, -0.15) is 17.5 Å². The van der Waals surface area contributed by atoms with Gasteiger partial charge in [-0.15, -0.1) is 0 Å². The Morgan fingerprint density at radius 1 is 0.966 bits per heavy atom. The van der Waals surface area contributed by atoms with Crippen molar-refractivity contribution in [2.24, 2.45) is 5.92 Å². The van der Waals surface area contributed by atoms with E-state index >= 15 is 0 Å². The molecule has 0 N–H and O–H groups in total. The van der Waals surface area contributed by atoms with Gasteiger partial charge in [0.25, 0.3) is 0 Å². The predicted octanol–water partition coefficient (Wildman–Crippen LogP) is 3.90. The third kappa shape index (κ3) is 5.51. The average Bonchev–Trinajstić information content (AvgIpc) is 2.72. The molecule has 1 saturated heterocycles. The van der Waals surface area contributed by atoms with Gasteiger partial charge in [-0.3, -0.25) is 4.79 Å². The summed E-state index contributed by atoms with van der Waals surface area (Å²) >= 11 is 0. The van der Waals surface area contributed by atoms with Crippen LogP contribution in [0.25, 0.3) is 0 Å². The monoisotopic (exact) mass is 432 g/mol. The second-order valence-electron chi connectivity index (χ2n) is 7.85. The molecule has 1 heterocycles. The minimum atomic E-state index is -4.51. The number of carbonyl (C=O) groups excluding carboxylic acids is 1. The number of sulfonamides is 1. The molecule has 0 atom stereocenters. The number of halogens is 3. The van der Waals surface area contributed by atoms with E-state index in [1.807, 2.05) is 0 Å². The molecule has 3 rings (SSSR count). The number of carbonyl (C=O) groups is 1. The zero-order valence-corrected chi connectivity index (χ0v) is 17.1. The molecule has 0 radical (unpaired) electrons. The molecule has 0 aromatic heterocycles. The van der Waals surface area contributed by atoms with Gasteiger partial charge in [0.05, 0.1) is 10.5 Å². The lowest BCUT2D eigenvalue weighted by atomic mass is 9.86. The summed E-state index contributed by atoms with van der Waals surface area (Å²) in [7, 11) is -3.87. The highest BCUT2D eigenvalue weighted by atomic mass is 32.2. The highest BCUT2D eigenvalue weighted by Gasteiger charge is 2.33. The van der Waals surface area contributed by atoms with Crippen LogP contribution >= 0.6 is 0 Å². The number of hydrogen-bond donors (Lipinski definition) is 0. The highest BCUT2D eigenvalue weighted by molar-refractivity contribution is 7.89. The number of alkyl halides is 3. The second kappa shape index (κ2) is 9.04. The van der Waals surface area contributed by atoms with Gasteiger partial charge < -0.3 is 4.90 Å². The SMILES string of the molecule is O=C(CCC1CCCCC1)N1CCN(S(=O)(=O)c2ccc(C(F)(F)F)cc2)CC1. The van der Waals surface area contributed by atoms with Crippen molar-refractivity contribution in [2.75, 3.05) is 26.2 Å². The molecule has 162 valence electrons. The first-order valence-electron chi connectivity index (χ1n) is 10.1. The number of rotatable bonds is 5. The average molecular weight is 433 g/mol. The minimum Gasteiger partial charge on any atom is -0.340 e. The molecule has 2 aliphatic rings. The first-order valence-corrected chi connectivity index (χ1v) is 11.6. The van der Waals surface area contributed by atoms with E-state index in [-0.39, 0.29) is 23.9 Å². The maximum absolute atomic E-state index is 12.7. The molecule has 1 amide bonds. The van der Waals surface area contributed by atoms with E-state index in [0.29, 0.717) is 25.4 Å². The molecule has 2 fully saturated rings. The van der Waals surface area contributed by atoms with Gasteiger partial charge in [-0.25, -0.2) is 8.42 Å². The van der Waals surface area contributed by atoms with Crippen LogP contribution in [-0.4, -0.2) is 49.7 Å². The third-order valence-electron chi connectivity index (χ3n) is 5.90. The van der Waals surface area contributed by atoms with E-state index < -0.39 is 21.8 Å². The van der Waals surface area contributed by atoms with Gasteiger partial charge in [0.15, 0.2) is 0 Å². The Balaban J connectivity index is 1.53. The lowest BCUT2D eigenvalue weighted by Crippen LogP contribution is -2.50. The van der Waals surface area contributed by atoms with Crippen LogP contribution in [0.1, 0.15) is 50.5 Å². The first-order chi connectivity index (χ1) is 13.7. The van der Waals surface area contributed by atoms with Crippen molar-refractivity contribution >= 4 is 15.9 Å². The normalized spacial score (nSPS) is 20.0. The van der Waals surface area contributed by atoms with Crippen LogP contribution in [0, 0.1) is 5.92 Å². The van der Waals surface area contributed by atoms with Crippen molar-refractivity contribution in [1.82, 2.24) is 9.21 Å². The zero-order valence-electron chi connectivity index (χ0n) is 16.3. The Labute approximate surface area is 169 Å². The highest BCUT2D eigenvalue weighted by Crippen LogP contribution is 2.30. The van der Waals surface area contributed by atoms with E-state index in [1.165, 1.54) is 36.4 Å². The smallest absolute Gasteiger partial charge is 0.340 e. The van der Waals surface area contributed by atoms with E-state index in [0.717, 1.165) is 30.7 Å². The maximum atomic E-state index is 12.7. The Morgan fingerprint density at radius 2 is 1.55 bits per heavy atom. The van der Waals surface area contributed by atoms with Crippen LogP contribution in [0.15, 0.2) is 29.2 Å². The van der Waals surface area contributed by atoms with Gasteiger partial charge in [0.2, 0.25) is 15.9 Å². The van der Waals surface area contributed by atoms with Gasteiger partial charge >= 0.3 is 6.18 Å². The molecule has 0 spiro atoms. The van der Waals surface area contributed by atoms with Gasteiger partial charge in [-0.05, 0) is 36.6 Å². The third-order valence-corrected chi connectivity index (χ3v) is 7.81. The van der Waals surface area contributed by atoms with E-state index in [4.69, 9.17) is 0 Å². The molecule has 0 unspecified atom stereocenters. The molecular weight excluding hydrogens is 405 g/mol. The molecule has 0 bridgehead atoms. The number of hydrogen-bond acceptors (Lipinski definition) is 3. The van der Waals surface area contributed by atoms with Crippen molar-refractivity contribution in [3.8, 4) is 0 Å². The predicted molar refractivity (Wildman–Crippen MR) is 103 cm³/mol. The fraction of sp³-hybridized carbons (Fsp3) is 0.650. The van der Waals surface area contributed by atoms with Crippen LogP contribution in [-0.2, 0) is 21.0 Å². The fourth-order valence-corrected chi connectivity index (χ4v) is 5.53. The molecule has 1 aliphatic heterocycles. The van der Waals surface area contributed by atoms with Crippen molar-refractivity contribution in [1.29, 1.82) is 0 Å². The quantitative estimate of drug-likeness (QED) is 0.709. The van der Waals surface area contributed by atoms with Crippen LogP contribution in [0.3, 0.4) is 0 Å². The first kappa shape index (κ1) is 22.1. The topological polar surface area (TPSA) is 57.7 Å². The second-order valence-corrected chi connectivity index (χ2v) is 9.79. The molecular formula is C20H27F3N2O3S. The summed E-state index contributed by atoms with van der Waals surface area (Å²) in [4.78, 5) is 14.0. The summed E-state index contributed by atoms with van der Waals surface area (Å²) in [6.45, 7) is 0.920. The van der Waals surface area contributed by atoms with Gasteiger partial charge in [-0.1, -0.05) is 32.1 Å². The standard InChI is InChI=1S/C20H27F3N2O3S/c21-20(22,23)17-7-9-18(10-8-17)29(27,28)25-14-12-24(13-15-25)19(26)11-6-16-4-2-1-3-5-16/h7-10,16H,1-6,11-15H2. The van der Waals surface area contributed by atoms with Gasteiger partial charge in [0, 0.05) is 32.6 Å². The fourth-order valence-electron chi connectivity index (χ4n) is 4.10. The number of benzene rings is 1. The molecule has 1 saturated carbocycles. The molecule has 9 heteroatoms. The van der Waals surface area contributed by atoms with Crippen molar-refractivity contribution in [3.05, 3.63) is 29.8 Å². The van der Waals surface area contributed by atoms with Gasteiger partial charge in [0.1, 0.15) is 0 Å². The number of amides is 1. The molecule has 5 nitrogen and oxygen atoms in total. The lowest BCUT2D eigenvalue weighted by molar-refractivity contribution is -0.137. The minimum absolute atomic E-state index is 0.0575. The summed E-state index contributed by atoms with van der Waals surface area (Å²) in [6, 6.07) is 3.52. The van der Waals surface area contributed by atoms with Crippen LogP contribution < -0.4 is 0 Å². The molecule has 1 aromatic carbocycles. The Hall–Kier alpha value is -1.61. The Kier molecular flexibility index (Phi) is 6.88. The molecule has 1 aliphatic carbocycles. The van der Waals surface area contributed by atoms with Crippen LogP contribution in [0.4, 0.5) is 13.2 Å².